The summed E-state index contributed by atoms with van der Waals surface area (Å²) in [6.07, 6.45) is 0.468. The smallest absolute Gasteiger partial charge is 0.286 e. The van der Waals surface area contributed by atoms with Crippen LogP contribution >= 0.6 is 0 Å². The number of amides is 2. The van der Waals surface area contributed by atoms with Gasteiger partial charge in [-0.3, -0.25) is 9.59 Å². The lowest BCUT2D eigenvalue weighted by Crippen LogP contribution is -2.25. The second-order valence-corrected chi connectivity index (χ2v) is 5.43. The van der Waals surface area contributed by atoms with Crippen LogP contribution in [0.4, 0.5) is 0 Å². The summed E-state index contributed by atoms with van der Waals surface area (Å²) in [6.45, 7) is 2.28. The monoisotopic (exact) mass is 330 g/mol. The standard InChI is InChI=1S/C18H22N2O4/c1-12(13-7-4-3-5-8-13)16-14(17(22)20-9-6-10-21)11-15(24-16)18(23)19-2/h3-5,7-8,11-12,21H,6,9-10H2,1-2H3,(H,19,23)(H,20,22)/t12-/m0/s1. The maximum absolute atomic E-state index is 12.4. The van der Waals surface area contributed by atoms with Crippen LogP contribution in [0.5, 0.6) is 0 Å². The molecule has 1 aromatic carbocycles. The van der Waals surface area contributed by atoms with Crippen molar-refractivity contribution in [3.05, 3.63) is 59.0 Å². The van der Waals surface area contributed by atoms with Crippen LogP contribution in [0.25, 0.3) is 0 Å². The Hall–Kier alpha value is -2.60. The number of hydrogen-bond donors (Lipinski definition) is 3. The van der Waals surface area contributed by atoms with Gasteiger partial charge in [-0.05, 0) is 12.0 Å². The zero-order chi connectivity index (χ0) is 17.5. The van der Waals surface area contributed by atoms with E-state index in [2.05, 4.69) is 10.6 Å². The van der Waals surface area contributed by atoms with Gasteiger partial charge in [0.1, 0.15) is 5.76 Å². The number of aliphatic hydroxyl groups excluding tert-OH is 1. The fourth-order valence-corrected chi connectivity index (χ4v) is 2.41. The summed E-state index contributed by atoms with van der Waals surface area (Å²) < 4.78 is 5.69. The molecule has 0 saturated heterocycles. The molecule has 6 heteroatoms. The van der Waals surface area contributed by atoms with Crippen LogP contribution in [-0.2, 0) is 0 Å². The number of nitrogens with one attached hydrogen (secondary N) is 2. The average Bonchev–Trinajstić information content (AvgIpc) is 3.06. The first-order valence-electron chi connectivity index (χ1n) is 7.88. The first-order valence-corrected chi connectivity index (χ1v) is 7.88. The molecule has 3 N–H and O–H groups in total. The predicted octanol–water partition coefficient (Wildman–Crippen LogP) is 1.90. The van der Waals surface area contributed by atoms with Crippen LogP contribution in [0, 0.1) is 0 Å². The summed E-state index contributed by atoms with van der Waals surface area (Å²) in [6, 6.07) is 11.1. The number of aliphatic hydroxyl groups is 1. The first-order chi connectivity index (χ1) is 11.6. The molecule has 0 bridgehead atoms. The highest BCUT2D eigenvalue weighted by molar-refractivity contribution is 5.99. The van der Waals surface area contributed by atoms with Gasteiger partial charge in [0.15, 0.2) is 5.76 Å². The topological polar surface area (TPSA) is 91.6 Å². The van der Waals surface area contributed by atoms with Crippen LogP contribution in [0.3, 0.4) is 0 Å². The van der Waals surface area contributed by atoms with Crippen molar-refractivity contribution in [1.82, 2.24) is 10.6 Å². The third-order valence-electron chi connectivity index (χ3n) is 3.77. The van der Waals surface area contributed by atoms with Gasteiger partial charge in [-0.2, -0.15) is 0 Å². The van der Waals surface area contributed by atoms with Gasteiger partial charge in [0.2, 0.25) is 0 Å². The Balaban J connectivity index is 2.35. The molecule has 1 heterocycles. The minimum Gasteiger partial charge on any atom is -0.454 e. The molecule has 0 aliphatic heterocycles. The van der Waals surface area contributed by atoms with E-state index in [1.165, 1.54) is 13.1 Å². The molecular weight excluding hydrogens is 308 g/mol. The number of furan rings is 1. The molecule has 0 unspecified atom stereocenters. The fraction of sp³-hybridized carbons (Fsp3) is 0.333. The van der Waals surface area contributed by atoms with E-state index < -0.39 is 0 Å². The number of carbonyl (C=O) groups is 2. The maximum atomic E-state index is 12.4. The molecule has 1 aromatic heterocycles. The van der Waals surface area contributed by atoms with Crippen LogP contribution in [-0.4, -0.2) is 37.1 Å². The van der Waals surface area contributed by atoms with Crippen molar-refractivity contribution < 1.29 is 19.1 Å². The molecule has 0 aliphatic rings. The van der Waals surface area contributed by atoms with Crippen LogP contribution in [0.2, 0.25) is 0 Å². The third kappa shape index (κ3) is 4.02. The predicted molar refractivity (Wildman–Crippen MR) is 90.1 cm³/mol. The van der Waals surface area contributed by atoms with E-state index in [-0.39, 0.29) is 30.1 Å². The minimum absolute atomic E-state index is 0.00241. The summed E-state index contributed by atoms with van der Waals surface area (Å²) in [4.78, 5) is 24.3. The van der Waals surface area contributed by atoms with Gasteiger partial charge in [-0.15, -0.1) is 0 Å². The van der Waals surface area contributed by atoms with Gasteiger partial charge in [0, 0.05) is 32.2 Å². The molecule has 2 aromatic rings. The van der Waals surface area contributed by atoms with Crippen molar-refractivity contribution in [2.24, 2.45) is 0 Å². The Bertz CT molecular complexity index is 694. The Labute approximate surface area is 140 Å². The Kier molecular flexibility index (Phi) is 6.14. The van der Waals surface area contributed by atoms with Crippen molar-refractivity contribution in [1.29, 1.82) is 0 Å². The normalized spacial score (nSPS) is 11.8. The summed E-state index contributed by atoms with van der Waals surface area (Å²) in [7, 11) is 1.51. The zero-order valence-electron chi connectivity index (χ0n) is 13.8. The van der Waals surface area contributed by atoms with Crippen molar-refractivity contribution >= 4 is 11.8 Å². The Morgan fingerprint density at radius 2 is 1.92 bits per heavy atom. The highest BCUT2D eigenvalue weighted by atomic mass is 16.4. The lowest BCUT2D eigenvalue weighted by molar-refractivity contribution is 0.0928. The molecule has 6 nitrogen and oxygen atoms in total. The molecule has 2 amide bonds. The maximum Gasteiger partial charge on any atom is 0.286 e. The fourth-order valence-electron chi connectivity index (χ4n) is 2.41. The molecule has 128 valence electrons. The van der Waals surface area contributed by atoms with Gasteiger partial charge in [0.05, 0.1) is 5.56 Å². The van der Waals surface area contributed by atoms with Crippen molar-refractivity contribution in [3.63, 3.8) is 0 Å². The molecule has 0 saturated carbocycles. The molecule has 24 heavy (non-hydrogen) atoms. The number of carbonyl (C=O) groups excluding carboxylic acids is 2. The lowest BCUT2D eigenvalue weighted by Gasteiger charge is -2.11. The molecular formula is C18H22N2O4. The highest BCUT2D eigenvalue weighted by Gasteiger charge is 2.25. The van der Waals surface area contributed by atoms with Gasteiger partial charge in [-0.25, -0.2) is 0 Å². The summed E-state index contributed by atoms with van der Waals surface area (Å²) >= 11 is 0. The van der Waals surface area contributed by atoms with E-state index in [1.807, 2.05) is 37.3 Å². The van der Waals surface area contributed by atoms with E-state index in [4.69, 9.17) is 9.52 Å². The van der Waals surface area contributed by atoms with E-state index in [0.29, 0.717) is 24.3 Å². The second-order valence-electron chi connectivity index (χ2n) is 5.43. The number of rotatable bonds is 7. The minimum atomic E-state index is -0.383. The van der Waals surface area contributed by atoms with Gasteiger partial charge < -0.3 is 20.2 Å². The zero-order valence-corrected chi connectivity index (χ0v) is 13.8. The molecule has 0 aliphatic carbocycles. The number of benzene rings is 1. The summed E-state index contributed by atoms with van der Waals surface area (Å²) in [5, 5.41) is 14.0. The molecule has 0 spiro atoms. The van der Waals surface area contributed by atoms with Gasteiger partial charge in [-0.1, -0.05) is 37.3 Å². The first kappa shape index (κ1) is 17.7. The lowest BCUT2D eigenvalue weighted by atomic mass is 9.96. The quantitative estimate of drug-likeness (QED) is 0.676. The van der Waals surface area contributed by atoms with Gasteiger partial charge >= 0.3 is 0 Å². The van der Waals surface area contributed by atoms with Crippen molar-refractivity contribution in [3.8, 4) is 0 Å². The second kappa shape index (κ2) is 8.31. The molecule has 2 rings (SSSR count). The van der Waals surface area contributed by atoms with Crippen LogP contribution in [0.15, 0.2) is 40.8 Å². The number of hydrogen-bond acceptors (Lipinski definition) is 4. The Morgan fingerprint density at radius 3 is 2.54 bits per heavy atom. The van der Waals surface area contributed by atoms with Crippen LogP contribution in [0.1, 0.15) is 51.5 Å². The average molecular weight is 330 g/mol. The highest BCUT2D eigenvalue weighted by Crippen LogP contribution is 2.29. The summed E-state index contributed by atoms with van der Waals surface area (Å²) in [5.74, 6) is -0.335. The van der Waals surface area contributed by atoms with E-state index in [0.717, 1.165) is 5.56 Å². The van der Waals surface area contributed by atoms with E-state index in [1.54, 1.807) is 0 Å². The largest absolute Gasteiger partial charge is 0.454 e. The summed E-state index contributed by atoms with van der Waals surface area (Å²) in [5.41, 5.74) is 1.32. The van der Waals surface area contributed by atoms with Crippen molar-refractivity contribution in [2.45, 2.75) is 19.3 Å². The van der Waals surface area contributed by atoms with Gasteiger partial charge in [0.25, 0.3) is 11.8 Å². The molecule has 1 atom stereocenters. The molecule has 0 radical (unpaired) electrons. The van der Waals surface area contributed by atoms with E-state index in [9.17, 15) is 9.59 Å². The van der Waals surface area contributed by atoms with Crippen LogP contribution < -0.4 is 10.6 Å². The SMILES string of the molecule is CNC(=O)c1cc(C(=O)NCCCO)c([C@@H](C)c2ccccc2)o1. The Morgan fingerprint density at radius 1 is 1.21 bits per heavy atom. The third-order valence-corrected chi connectivity index (χ3v) is 3.77. The van der Waals surface area contributed by atoms with Crippen molar-refractivity contribution in [2.75, 3.05) is 20.2 Å². The molecule has 0 fully saturated rings. The van der Waals surface area contributed by atoms with E-state index >= 15 is 0 Å².